The molecular weight excluding hydrogens is 258 g/mol. The molecule has 1 aromatic rings. The normalized spacial score (nSPS) is 12.8. The van der Waals surface area contributed by atoms with Crippen molar-refractivity contribution in [1.82, 2.24) is 0 Å². The van der Waals surface area contributed by atoms with Gasteiger partial charge in [-0.2, -0.15) is 0 Å². The smallest absolute Gasteiger partial charge is 0.119 e. The highest BCUT2D eigenvalue weighted by atomic mass is 79.9. The van der Waals surface area contributed by atoms with Crippen molar-refractivity contribution in [1.29, 1.82) is 0 Å². The lowest BCUT2D eigenvalue weighted by Gasteiger charge is -2.11. The van der Waals surface area contributed by atoms with Gasteiger partial charge < -0.3 is 15.6 Å². The number of nitrogens with two attached hydrogens (primary N) is 1. The van der Waals surface area contributed by atoms with Gasteiger partial charge in [-0.05, 0) is 36.6 Å². The molecule has 1 aromatic carbocycles. The molecule has 0 saturated heterocycles. The summed E-state index contributed by atoms with van der Waals surface area (Å²) in [5.41, 5.74) is 7.48. The summed E-state index contributed by atoms with van der Waals surface area (Å²) >= 11 is 3.44. The minimum Gasteiger partial charge on any atom is -0.508 e. The average Bonchev–Trinajstić information content (AvgIpc) is 2.13. The predicted molar refractivity (Wildman–Crippen MR) is 63.9 cm³/mol. The van der Waals surface area contributed by atoms with Crippen molar-refractivity contribution >= 4 is 15.9 Å². The number of hydrogen-bond donors (Lipinski definition) is 2. The summed E-state index contributed by atoms with van der Waals surface area (Å²) in [6, 6.07) is 3.65. The largest absolute Gasteiger partial charge is 0.508 e. The van der Waals surface area contributed by atoms with Crippen LogP contribution in [0, 0.1) is 0 Å². The second kappa shape index (κ2) is 5.49. The monoisotopic (exact) mass is 273 g/mol. The highest BCUT2D eigenvalue weighted by Gasteiger charge is 2.09. The molecule has 84 valence electrons. The van der Waals surface area contributed by atoms with Crippen molar-refractivity contribution in [2.24, 2.45) is 5.73 Å². The fraction of sp³-hybridized carbons (Fsp3) is 0.455. The average molecular weight is 274 g/mol. The molecule has 0 amide bonds. The molecule has 0 aliphatic rings. The first kappa shape index (κ1) is 12.5. The van der Waals surface area contributed by atoms with E-state index >= 15 is 0 Å². The van der Waals surface area contributed by atoms with E-state index in [1.165, 1.54) is 0 Å². The van der Waals surface area contributed by atoms with Crippen molar-refractivity contribution in [3.8, 4) is 5.75 Å². The van der Waals surface area contributed by atoms with E-state index in [0.717, 1.165) is 15.6 Å². The molecule has 15 heavy (non-hydrogen) atoms. The molecule has 0 spiro atoms. The summed E-state index contributed by atoms with van der Waals surface area (Å²) in [5.74, 6) is 0.280. The summed E-state index contributed by atoms with van der Waals surface area (Å²) in [7, 11) is 1.62. The highest BCUT2D eigenvalue weighted by Crippen LogP contribution is 2.27. The number of phenols is 1. The topological polar surface area (TPSA) is 55.5 Å². The summed E-state index contributed by atoms with van der Waals surface area (Å²) in [4.78, 5) is 0. The molecule has 0 bridgehead atoms. The van der Waals surface area contributed by atoms with Gasteiger partial charge in [0, 0.05) is 17.6 Å². The number of benzene rings is 1. The molecule has 0 aliphatic heterocycles. The Hall–Kier alpha value is -0.580. The second-order valence-corrected chi connectivity index (χ2v) is 4.54. The molecular formula is C11H16BrNO2. The Morgan fingerprint density at radius 2 is 2.13 bits per heavy atom. The minimum absolute atomic E-state index is 0.0380. The highest BCUT2D eigenvalue weighted by molar-refractivity contribution is 9.10. The summed E-state index contributed by atoms with van der Waals surface area (Å²) in [6.07, 6.45) is 0.664. The van der Waals surface area contributed by atoms with Crippen LogP contribution in [0.2, 0.25) is 0 Å². The van der Waals surface area contributed by atoms with E-state index in [-0.39, 0.29) is 11.8 Å². The van der Waals surface area contributed by atoms with Crippen molar-refractivity contribution in [3.05, 3.63) is 27.7 Å². The van der Waals surface area contributed by atoms with Gasteiger partial charge in [0.1, 0.15) is 5.75 Å². The number of halogens is 1. The molecule has 1 rings (SSSR count). The minimum atomic E-state index is 0.0380. The van der Waals surface area contributed by atoms with Crippen LogP contribution >= 0.6 is 15.9 Å². The molecule has 3 N–H and O–H groups in total. The molecule has 0 aliphatic carbocycles. The van der Waals surface area contributed by atoms with Crippen LogP contribution in [0.3, 0.4) is 0 Å². The van der Waals surface area contributed by atoms with Crippen LogP contribution in [-0.2, 0) is 17.8 Å². The Morgan fingerprint density at radius 3 is 2.67 bits per heavy atom. The Morgan fingerprint density at radius 1 is 1.47 bits per heavy atom. The Labute approximate surface area is 98.4 Å². The number of rotatable bonds is 4. The zero-order valence-corrected chi connectivity index (χ0v) is 10.5. The van der Waals surface area contributed by atoms with Gasteiger partial charge in [0.15, 0.2) is 0 Å². The third-order valence-electron chi connectivity index (χ3n) is 2.09. The second-order valence-electron chi connectivity index (χ2n) is 3.69. The Balaban J connectivity index is 2.97. The van der Waals surface area contributed by atoms with E-state index < -0.39 is 0 Å². The number of ether oxygens (including phenoxy) is 1. The lowest BCUT2D eigenvalue weighted by atomic mass is 10.0. The van der Waals surface area contributed by atoms with E-state index in [1.807, 2.05) is 13.0 Å². The van der Waals surface area contributed by atoms with Crippen LogP contribution in [0.1, 0.15) is 18.1 Å². The van der Waals surface area contributed by atoms with E-state index in [9.17, 15) is 5.11 Å². The van der Waals surface area contributed by atoms with Crippen molar-refractivity contribution in [3.63, 3.8) is 0 Å². The third-order valence-corrected chi connectivity index (χ3v) is 2.83. The van der Waals surface area contributed by atoms with Crippen LogP contribution in [0.25, 0.3) is 0 Å². The maximum atomic E-state index is 9.76. The third kappa shape index (κ3) is 3.48. The molecule has 0 saturated carbocycles. The molecule has 4 heteroatoms. The summed E-state index contributed by atoms with van der Waals surface area (Å²) in [5, 5.41) is 9.76. The first-order valence-corrected chi connectivity index (χ1v) is 5.58. The lowest BCUT2D eigenvalue weighted by molar-refractivity contribution is 0.184. The van der Waals surface area contributed by atoms with Gasteiger partial charge in [-0.15, -0.1) is 0 Å². The zero-order valence-electron chi connectivity index (χ0n) is 8.96. The van der Waals surface area contributed by atoms with Gasteiger partial charge in [0.25, 0.3) is 0 Å². The zero-order chi connectivity index (χ0) is 11.4. The van der Waals surface area contributed by atoms with Crippen LogP contribution in [-0.4, -0.2) is 18.3 Å². The molecule has 0 radical (unpaired) electrons. The molecule has 0 aromatic heterocycles. The fourth-order valence-corrected chi connectivity index (χ4v) is 1.93. The van der Waals surface area contributed by atoms with Gasteiger partial charge in [0.2, 0.25) is 0 Å². The van der Waals surface area contributed by atoms with E-state index in [2.05, 4.69) is 15.9 Å². The van der Waals surface area contributed by atoms with E-state index in [4.69, 9.17) is 10.5 Å². The lowest BCUT2D eigenvalue weighted by Crippen LogP contribution is -2.17. The van der Waals surface area contributed by atoms with Crippen LogP contribution in [0.15, 0.2) is 16.6 Å². The summed E-state index contributed by atoms with van der Waals surface area (Å²) in [6.45, 7) is 2.39. The Kier molecular flexibility index (Phi) is 4.57. The molecule has 0 heterocycles. The molecule has 1 unspecified atom stereocenters. The van der Waals surface area contributed by atoms with Gasteiger partial charge in [-0.3, -0.25) is 0 Å². The number of hydrogen-bond acceptors (Lipinski definition) is 3. The van der Waals surface area contributed by atoms with Gasteiger partial charge in [0.05, 0.1) is 6.61 Å². The molecule has 0 fully saturated rings. The number of aromatic hydroxyl groups is 1. The predicted octanol–water partition coefficient (Wildman–Crippen LogP) is 2.19. The van der Waals surface area contributed by atoms with Gasteiger partial charge in [-0.1, -0.05) is 15.9 Å². The van der Waals surface area contributed by atoms with Gasteiger partial charge in [-0.25, -0.2) is 0 Å². The molecule has 1 atom stereocenters. The standard InChI is InChI=1S/C11H16BrNO2/c1-7(13)3-8-4-10(12)9(6-15-2)5-11(8)14/h4-5,7,14H,3,6,13H2,1-2H3. The van der Waals surface area contributed by atoms with Gasteiger partial charge >= 0.3 is 0 Å². The SMILES string of the molecule is COCc1cc(O)c(CC(C)N)cc1Br. The Bertz CT molecular complexity index is 340. The van der Waals surface area contributed by atoms with E-state index in [0.29, 0.717) is 13.0 Å². The quantitative estimate of drug-likeness (QED) is 0.884. The van der Waals surface area contributed by atoms with E-state index in [1.54, 1.807) is 13.2 Å². The fourth-order valence-electron chi connectivity index (χ4n) is 1.42. The van der Waals surface area contributed by atoms with Crippen LogP contribution in [0.5, 0.6) is 5.75 Å². The first-order chi connectivity index (χ1) is 7.04. The summed E-state index contributed by atoms with van der Waals surface area (Å²) < 4.78 is 5.96. The molecule has 3 nitrogen and oxygen atoms in total. The van der Waals surface area contributed by atoms with Crippen LogP contribution < -0.4 is 5.73 Å². The maximum Gasteiger partial charge on any atom is 0.119 e. The van der Waals surface area contributed by atoms with Crippen molar-refractivity contribution in [2.45, 2.75) is 26.0 Å². The number of methoxy groups -OCH3 is 1. The van der Waals surface area contributed by atoms with Crippen LogP contribution in [0.4, 0.5) is 0 Å². The maximum absolute atomic E-state index is 9.76. The first-order valence-electron chi connectivity index (χ1n) is 4.79. The van der Waals surface area contributed by atoms with Crippen molar-refractivity contribution < 1.29 is 9.84 Å². The number of phenolic OH excluding ortho intramolecular Hbond substituents is 1. The van der Waals surface area contributed by atoms with Crippen molar-refractivity contribution in [2.75, 3.05) is 7.11 Å².